The molecule has 2 heterocycles. The van der Waals surface area contributed by atoms with Gasteiger partial charge in [0.25, 0.3) is 0 Å². The standard InChI is InChI=1S/C25H29N3O3S2/c1-4-27(5-2)33(30,31)22-11-12-23-19(15-22)10-7-13-28(23)24(29)16-21-17-32-25(26-21)20-9-6-8-18(3)14-20/h6,8-9,11-12,14-15,17H,4-5,7,10,13,16H2,1-3H3. The minimum atomic E-state index is -3.53. The number of fused-ring (bicyclic) bond motifs is 1. The van der Waals surface area contributed by atoms with Crippen molar-refractivity contribution in [2.24, 2.45) is 0 Å². The second kappa shape index (κ2) is 9.75. The predicted molar refractivity (Wildman–Crippen MR) is 133 cm³/mol. The van der Waals surface area contributed by atoms with Gasteiger partial charge in [0.1, 0.15) is 5.01 Å². The van der Waals surface area contributed by atoms with Gasteiger partial charge in [-0.3, -0.25) is 4.79 Å². The van der Waals surface area contributed by atoms with Crippen molar-refractivity contribution in [3.8, 4) is 10.6 Å². The average Bonchev–Trinajstić information content (AvgIpc) is 3.27. The van der Waals surface area contributed by atoms with E-state index >= 15 is 0 Å². The zero-order chi connectivity index (χ0) is 23.6. The molecule has 0 unspecified atom stereocenters. The molecule has 0 saturated heterocycles. The molecule has 1 amide bonds. The molecule has 6 nitrogen and oxygen atoms in total. The number of amides is 1. The van der Waals surface area contributed by atoms with Gasteiger partial charge in [0.05, 0.1) is 17.0 Å². The van der Waals surface area contributed by atoms with E-state index in [1.807, 2.05) is 44.4 Å². The Bertz CT molecular complexity index is 1260. The number of rotatable bonds is 7. The minimum Gasteiger partial charge on any atom is -0.312 e. The van der Waals surface area contributed by atoms with Crippen LogP contribution in [-0.4, -0.2) is 43.2 Å². The molecule has 4 rings (SSSR count). The minimum absolute atomic E-state index is 0.0172. The van der Waals surface area contributed by atoms with Crippen LogP contribution in [0.1, 0.15) is 37.1 Å². The quantitative estimate of drug-likeness (QED) is 0.490. The fourth-order valence-corrected chi connectivity index (χ4v) is 6.58. The van der Waals surface area contributed by atoms with Gasteiger partial charge >= 0.3 is 0 Å². The van der Waals surface area contributed by atoms with E-state index in [9.17, 15) is 13.2 Å². The third-order valence-electron chi connectivity index (χ3n) is 5.96. The molecule has 0 saturated carbocycles. The van der Waals surface area contributed by atoms with Crippen molar-refractivity contribution in [1.82, 2.24) is 9.29 Å². The number of benzene rings is 2. The number of carbonyl (C=O) groups is 1. The van der Waals surface area contributed by atoms with E-state index in [0.717, 1.165) is 40.4 Å². The highest BCUT2D eigenvalue weighted by atomic mass is 32.2. The molecule has 8 heteroatoms. The Morgan fingerprint density at radius 3 is 2.67 bits per heavy atom. The van der Waals surface area contributed by atoms with Crippen molar-refractivity contribution >= 4 is 33.0 Å². The van der Waals surface area contributed by atoms with Crippen LogP contribution in [0.4, 0.5) is 5.69 Å². The lowest BCUT2D eigenvalue weighted by atomic mass is 10.0. The van der Waals surface area contributed by atoms with Crippen LogP contribution in [0.3, 0.4) is 0 Å². The third kappa shape index (κ3) is 4.88. The Kier molecular flexibility index (Phi) is 6.97. The Hall–Kier alpha value is -2.55. The van der Waals surface area contributed by atoms with Crippen molar-refractivity contribution < 1.29 is 13.2 Å². The van der Waals surface area contributed by atoms with Gasteiger partial charge in [-0.2, -0.15) is 4.31 Å². The van der Waals surface area contributed by atoms with Gasteiger partial charge in [0.15, 0.2) is 0 Å². The van der Waals surface area contributed by atoms with Crippen LogP contribution in [0.5, 0.6) is 0 Å². The normalized spacial score (nSPS) is 13.9. The van der Waals surface area contributed by atoms with E-state index in [-0.39, 0.29) is 12.3 Å². The molecule has 0 bridgehead atoms. The number of hydrogen-bond donors (Lipinski definition) is 0. The maximum Gasteiger partial charge on any atom is 0.243 e. The lowest BCUT2D eigenvalue weighted by molar-refractivity contribution is -0.118. The molecule has 0 spiro atoms. The summed E-state index contributed by atoms with van der Waals surface area (Å²) in [7, 11) is -3.53. The van der Waals surface area contributed by atoms with Crippen LogP contribution in [0.25, 0.3) is 10.6 Å². The molecule has 0 aliphatic carbocycles. The number of aryl methyl sites for hydroxylation is 2. The Labute approximate surface area is 199 Å². The van der Waals surface area contributed by atoms with Crippen molar-refractivity contribution in [3.05, 3.63) is 64.7 Å². The number of aromatic nitrogens is 1. The molecule has 1 aromatic heterocycles. The number of nitrogens with zero attached hydrogens (tertiary/aromatic N) is 3. The van der Waals surface area contributed by atoms with Crippen molar-refractivity contribution in [2.45, 2.75) is 44.9 Å². The second-order valence-electron chi connectivity index (χ2n) is 8.22. The molecule has 0 atom stereocenters. The predicted octanol–water partition coefficient (Wildman–Crippen LogP) is 4.67. The van der Waals surface area contributed by atoms with Gasteiger partial charge in [0.2, 0.25) is 15.9 Å². The van der Waals surface area contributed by atoms with E-state index in [4.69, 9.17) is 0 Å². The van der Waals surface area contributed by atoms with Crippen LogP contribution in [-0.2, 0) is 27.7 Å². The van der Waals surface area contributed by atoms with Gasteiger partial charge in [-0.15, -0.1) is 11.3 Å². The first-order chi connectivity index (χ1) is 15.8. The Morgan fingerprint density at radius 2 is 1.94 bits per heavy atom. The van der Waals surface area contributed by atoms with Gasteiger partial charge in [0, 0.05) is 36.3 Å². The van der Waals surface area contributed by atoms with E-state index in [1.165, 1.54) is 9.87 Å². The largest absolute Gasteiger partial charge is 0.312 e. The summed E-state index contributed by atoms with van der Waals surface area (Å²) < 4.78 is 27.3. The molecule has 2 aromatic carbocycles. The molecule has 33 heavy (non-hydrogen) atoms. The lowest BCUT2D eigenvalue weighted by Crippen LogP contribution is -2.37. The van der Waals surface area contributed by atoms with E-state index in [2.05, 4.69) is 11.1 Å². The fraction of sp³-hybridized carbons (Fsp3) is 0.360. The van der Waals surface area contributed by atoms with Crippen molar-refractivity contribution in [1.29, 1.82) is 0 Å². The average molecular weight is 484 g/mol. The second-order valence-corrected chi connectivity index (χ2v) is 11.0. The highest BCUT2D eigenvalue weighted by Gasteiger charge is 2.27. The molecule has 0 radical (unpaired) electrons. The van der Waals surface area contributed by atoms with E-state index in [1.54, 1.807) is 34.4 Å². The number of anilines is 1. The van der Waals surface area contributed by atoms with Crippen LogP contribution in [0.2, 0.25) is 0 Å². The fourth-order valence-electron chi connectivity index (χ4n) is 4.25. The highest BCUT2D eigenvalue weighted by Crippen LogP contribution is 2.31. The lowest BCUT2D eigenvalue weighted by Gasteiger charge is -2.30. The molecule has 0 fully saturated rings. The van der Waals surface area contributed by atoms with Crippen molar-refractivity contribution in [2.75, 3.05) is 24.5 Å². The first-order valence-corrected chi connectivity index (χ1v) is 13.6. The summed E-state index contributed by atoms with van der Waals surface area (Å²) in [5.74, 6) is -0.0172. The summed E-state index contributed by atoms with van der Waals surface area (Å²) in [6, 6.07) is 13.3. The molecular formula is C25H29N3O3S2. The van der Waals surface area contributed by atoms with Crippen LogP contribution >= 0.6 is 11.3 Å². The van der Waals surface area contributed by atoms with E-state index < -0.39 is 10.0 Å². The van der Waals surface area contributed by atoms with Crippen molar-refractivity contribution in [3.63, 3.8) is 0 Å². The molecule has 3 aromatic rings. The smallest absolute Gasteiger partial charge is 0.243 e. The maximum atomic E-state index is 13.2. The molecular weight excluding hydrogens is 454 g/mol. The number of sulfonamides is 1. The van der Waals surface area contributed by atoms with Gasteiger partial charge in [-0.1, -0.05) is 37.6 Å². The molecule has 1 aliphatic heterocycles. The first-order valence-electron chi connectivity index (χ1n) is 11.3. The third-order valence-corrected chi connectivity index (χ3v) is 8.95. The summed E-state index contributed by atoms with van der Waals surface area (Å²) in [5, 5.41) is 2.85. The molecule has 1 aliphatic rings. The summed E-state index contributed by atoms with van der Waals surface area (Å²) in [6.45, 7) is 7.21. The van der Waals surface area contributed by atoms with E-state index in [0.29, 0.717) is 24.5 Å². The van der Waals surface area contributed by atoms with Gasteiger partial charge < -0.3 is 4.90 Å². The Balaban J connectivity index is 1.54. The highest BCUT2D eigenvalue weighted by molar-refractivity contribution is 7.89. The maximum absolute atomic E-state index is 13.2. The summed E-state index contributed by atoms with van der Waals surface area (Å²) >= 11 is 1.54. The monoisotopic (exact) mass is 483 g/mol. The molecule has 0 N–H and O–H groups in total. The SMILES string of the molecule is CCN(CC)S(=O)(=O)c1ccc2c(c1)CCCN2C(=O)Cc1csc(-c2cccc(C)c2)n1. The topological polar surface area (TPSA) is 70.6 Å². The van der Waals surface area contributed by atoms with Crippen LogP contribution < -0.4 is 4.90 Å². The first kappa shape index (κ1) is 23.6. The summed E-state index contributed by atoms with van der Waals surface area (Å²) in [6.07, 6.45) is 1.79. The van der Waals surface area contributed by atoms with Gasteiger partial charge in [-0.25, -0.2) is 13.4 Å². The number of carbonyl (C=O) groups excluding carboxylic acids is 1. The number of hydrogen-bond acceptors (Lipinski definition) is 5. The summed E-state index contributed by atoms with van der Waals surface area (Å²) in [4.78, 5) is 19.9. The Morgan fingerprint density at radius 1 is 1.15 bits per heavy atom. The van der Waals surface area contributed by atoms with Crippen LogP contribution in [0.15, 0.2) is 52.7 Å². The van der Waals surface area contributed by atoms with Crippen LogP contribution in [0, 0.1) is 6.92 Å². The zero-order valence-electron chi connectivity index (χ0n) is 19.2. The molecule has 174 valence electrons. The summed E-state index contributed by atoms with van der Waals surface area (Å²) in [5.41, 5.74) is 4.70. The number of thiazole rings is 1. The van der Waals surface area contributed by atoms with Gasteiger partial charge in [-0.05, 0) is 49.6 Å². The zero-order valence-corrected chi connectivity index (χ0v) is 20.9.